The number of fused-ring (bicyclic) bond motifs is 2. The number of aromatic amines is 1. The molecule has 0 atom stereocenters. The monoisotopic (exact) mass is 411 g/mol. The molecule has 0 radical (unpaired) electrons. The van der Waals surface area contributed by atoms with Gasteiger partial charge in [0.25, 0.3) is 5.56 Å². The number of hydrogen-bond acceptors (Lipinski definition) is 6. The zero-order valence-electron chi connectivity index (χ0n) is 17.2. The Morgan fingerprint density at radius 2 is 1.77 bits per heavy atom. The first-order chi connectivity index (χ1) is 15.1. The molecule has 0 saturated heterocycles. The Morgan fingerprint density at radius 1 is 1.00 bits per heavy atom. The van der Waals surface area contributed by atoms with Crippen LogP contribution in [0.25, 0.3) is 27.6 Å². The fourth-order valence-electron chi connectivity index (χ4n) is 3.55. The molecule has 3 aromatic heterocycles. The third-order valence-electron chi connectivity index (χ3n) is 5.13. The van der Waals surface area contributed by atoms with Crippen molar-refractivity contribution in [2.45, 2.75) is 6.54 Å². The number of H-pyrrole nitrogens is 1. The van der Waals surface area contributed by atoms with Gasteiger partial charge in [-0.15, -0.1) is 0 Å². The zero-order valence-corrected chi connectivity index (χ0v) is 17.2. The van der Waals surface area contributed by atoms with E-state index in [1.165, 1.54) is 6.20 Å². The molecule has 0 aliphatic heterocycles. The lowest BCUT2D eigenvalue weighted by molar-refractivity contribution is 0.893. The van der Waals surface area contributed by atoms with Crippen LogP contribution in [0.5, 0.6) is 0 Å². The van der Waals surface area contributed by atoms with Gasteiger partial charge in [0.2, 0.25) is 5.95 Å². The summed E-state index contributed by atoms with van der Waals surface area (Å²) in [4.78, 5) is 26.7. The van der Waals surface area contributed by atoms with Crippen LogP contribution >= 0.6 is 0 Å². The molecule has 0 unspecified atom stereocenters. The highest BCUT2D eigenvalue weighted by Gasteiger charge is 2.12. The summed E-state index contributed by atoms with van der Waals surface area (Å²) < 4.78 is 1.67. The molecule has 154 valence electrons. The number of anilines is 2. The molecule has 2 aromatic carbocycles. The summed E-state index contributed by atoms with van der Waals surface area (Å²) in [5.74, 6) is 1.26. The normalized spacial score (nSPS) is 11.2. The van der Waals surface area contributed by atoms with Crippen LogP contribution in [0, 0.1) is 0 Å². The summed E-state index contributed by atoms with van der Waals surface area (Å²) in [6, 6.07) is 19.7. The second-order valence-electron chi connectivity index (χ2n) is 7.45. The summed E-state index contributed by atoms with van der Waals surface area (Å²) in [6.07, 6.45) is 1.54. The molecule has 0 spiro atoms. The van der Waals surface area contributed by atoms with Crippen molar-refractivity contribution in [3.8, 4) is 5.69 Å². The van der Waals surface area contributed by atoms with Gasteiger partial charge in [-0.1, -0.05) is 36.4 Å². The average molecular weight is 411 g/mol. The van der Waals surface area contributed by atoms with E-state index in [-0.39, 0.29) is 5.56 Å². The predicted molar refractivity (Wildman–Crippen MR) is 123 cm³/mol. The second kappa shape index (κ2) is 7.56. The van der Waals surface area contributed by atoms with E-state index in [1.54, 1.807) is 4.68 Å². The summed E-state index contributed by atoms with van der Waals surface area (Å²) in [7, 11) is 3.93. The molecule has 0 aliphatic rings. The lowest BCUT2D eigenvalue weighted by Gasteiger charge is -2.15. The molecule has 2 N–H and O–H groups in total. The highest BCUT2D eigenvalue weighted by molar-refractivity contribution is 5.84. The number of rotatable bonds is 5. The molecule has 8 heteroatoms. The highest BCUT2D eigenvalue weighted by atomic mass is 16.1. The maximum absolute atomic E-state index is 12.6. The Morgan fingerprint density at radius 3 is 2.58 bits per heavy atom. The van der Waals surface area contributed by atoms with Crippen molar-refractivity contribution in [1.29, 1.82) is 0 Å². The van der Waals surface area contributed by atoms with Crippen LogP contribution in [0.15, 0.2) is 71.7 Å². The van der Waals surface area contributed by atoms with Crippen LogP contribution < -0.4 is 15.8 Å². The molecule has 5 aromatic rings. The van der Waals surface area contributed by atoms with Crippen LogP contribution in [0.1, 0.15) is 5.56 Å². The Hall–Kier alpha value is -4.20. The van der Waals surface area contributed by atoms with Gasteiger partial charge < -0.3 is 10.2 Å². The molecule has 0 saturated carbocycles. The lowest BCUT2D eigenvalue weighted by atomic mass is 10.1. The molecule has 8 nitrogen and oxygen atoms in total. The van der Waals surface area contributed by atoms with Crippen molar-refractivity contribution in [2.75, 3.05) is 24.3 Å². The van der Waals surface area contributed by atoms with E-state index in [9.17, 15) is 4.79 Å². The van der Waals surface area contributed by atoms with Crippen LogP contribution in [0.4, 0.5) is 11.8 Å². The molecule has 0 aliphatic carbocycles. The van der Waals surface area contributed by atoms with Gasteiger partial charge >= 0.3 is 0 Å². The van der Waals surface area contributed by atoms with Gasteiger partial charge in [0.15, 0.2) is 5.65 Å². The fourth-order valence-corrected chi connectivity index (χ4v) is 3.55. The molecule has 5 rings (SSSR count). The average Bonchev–Trinajstić information content (AvgIpc) is 3.22. The fraction of sp³-hybridized carbons (Fsp3) is 0.130. The largest absolute Gasteiger partial charge is 0.363 e. The molecular formula is C23H21N7O. The minimum atomic E-state index is -0.233. The summed E-state index contributed by atoms with van der Waals surface area (Å²) in [6.45, 7) is 0.484. The second-order valence-corrected chi connectivity index (χ2v) is 7.45. The van der Waals surface area contributed by atoms with Crippen LogP contribution in [-0.4, -0.2) is 38.8 Å². The molecule has 0 bridgehead atoms. The van der Waals surface area contributed by atoms with E-state index in [2.05, 4.69) is 20.4 Å². The molecule has 31 heavy (non-hydrogen) atoms. The maximum atomic E-state index is 12.6. The van der Waals surface area contributed by atoms with Crippen molar-refractivity contribution in [3.05, 3.63) is 82.8 Å². The molecule has 0 amide bonds. The van der Waals surface area contributed by atoms with Crippen molar-refractivity contribution in [3.63, 3.8) is 0 Å². The minimum Gasteiger partial charge on any atom is -0.363 e. The van der Waals surface area contributed by atoms with Crippen LogP contribution in [-0.2, 0) is 6.54 Å². The van der Waals surface area contributed by atoms with E-state index in [4.69, 9.17) is 4.98 Å². The van der Waals surface area contributed by atoms with Gasteiger partial charge in [0.1, 0.15) is 11.2 Å². The number of hydrogen-bond donors (Lipinski definition) is 2. The zero-order chi connectivity index (χ0) is 21.4. The Kier molecular flexibility index (Phi) is 4.59. The number of nitrogens with zero attached hydrogens (tertiary/aromatic N) is 5. The van der Waals surface area contributed by atoms with E-state index in [0.29, 0.717) is 23.5 Å². The third kappa shape index (κ3) is 3.48. The minimum absolute atomic E-state index is 0.233. The standard InChI is InChI=1S/C23H21N7O/c1-29(2)20-12-15(17-10-6-7-11-19(17)26-20)13-24-23-27-21-18(22(31)28-23)14-25-30(21)16-8-4-3-5-9-16/h3-12,14H,13H2,1-2H3,(H2,24,27,28,31). The van der Waals surface area contributed by atoms with Crippen molar-refractivity contribution in [2.24, 2.45) is 0 Å². The van der Waals surface area contributed by atoms with E-state index >= 15 is 0 Å². The topological polar surface area (TPSA) is 91.7 Å². The Bertz CT molecular complexity index is 1440. The van der Waals surface area contributed by atoms with Gasteiger partial charge in [0, 0.05) is 26.0 Å². The van der Waals surface area contributed by atoms with Gasteiger partial charge in [0.05, 0.1) is 17.4 Å². The van der Waals surface area contributed by atoms with Crippen molar-refractivity contribution in [1.82, 2.24) is 24.7 Å². The first-order valence-electron chi connectivity index (χ1n) is 9.93. The molecule has 3 heterocycles. The van der Waals surface area contributed by atoms with E-state index in [1.807, 2.05) is 79.7 Å². The summed E-state index contributed by atoms with van der Waals surface area (Å²) in [5.41, 5.74) is 3.10. The molecular weight excluding hydrogens is 390 g/mol. The van der Waals surface area contributed by atoms with Gasteiger partial charge in [-0.3, -0.25) is 9.78 Å². The van der Waals surface area contributed by atoms with Gasteiger partial charge in [-0.05, 0) is 29.8 Å². The van der Waals surface area contributed by atoms with E-state index in [0.717, 1.165) is 28.0 Å². The number of para-hydroxylation sites is 2. The maximum Gasteiger partial charge on any atom is 0.263 e. The van der Waals surface area contributed by atoms with Crippen LogP contribution in [0.3, 0.4) is 0 Å². The number of pyridine rings is 1. The Balaban J connectivity index is 1.53. The summed E-state index contributed by atoms with van der Waals surface area (Å²) >= 11 is 0. The SMILES string of the molecule is CN(C)c1cc(CNc2nc3c(cnn3-c3ccccc3)c(=O)[nH]2)c2ccccc2n1. The van der Waals surface area contributed by atoms with E-state index < -0.39 is 0 Å². The van der Waals surface area contributed by atoms with Crippen molar-refractivity contribution >= 4 is 33.7 Å². The first-order valence-corrected chi connectivity index (χ1v) is 9.93. The summed E-state index contributed by atoms with van der Waals surface area (Å²) in [5, 5.41) is 9.11. The predicted octanol–water partition coefficient (Wildman–Crippen LogP) is 3.34. The quantitative estimate of drug-likeness (QED) is 0.461. The van der Waals surface area contributed by atoms with Crippen LogP contribution in [0.2, 0.25) is 0 Å². The van der Waals surface area contributed by atoms with Gasteiger partial charge in [-0.2, -0.15) is 10.1 Å². The smallest absolute Gasteiger partial charge is 0.263 e. The van der Waals surface area contributed by atoms with Gasteiger partial charge in [-0.25, -0.2) is 9.67 Å². The third-order valence-corrected chi connectivity index (χ3v) is 5.13. The number of nitrogens with one attached hydrogen (secondary N) is 2. The first kappa shape index (κ1) is 18.8. The Labute approximate surface area is 178 Å². The highest BCUT2D eigenvalue weighted by Crippen LogP contribution is 2.23. The number of benzene rings is 2. The van der Waals surface area contributed by atoms with Crippen molar-refractivity contribution < 1.29 is 0 Å². The molecule has 0 fully saturated rings. The number of aromatic nitrogens is 5. The lowest BCUT2D eigenvalue weighted by Crippen LogP contribution is -2.15.